The van der Waals surface area contributed by atoms with Gasteiger partial charge in [-0.3, -0.25) is 4.79 Å². The van der Waals surface area contributed by atoms with Crippen LogP contribution in [0.4, 0.5) is 0 Å². The molecule has 1 saturated carbocycles. The van der Waals surface area contributed by atoms with Gasteiger partial charge in [-0.2, -0.15) is 0 Å². The molecule has 0 N–H and O–H groups in total. The lowest BCUT2D eigenvalue weighted by Crippen LogP contribution is -2.47. The molecule has 1 saturated heterocycles. The summed E-state index contributed by atoms with van der Waals surface area (Å²) in [7, 11) is 1.74. The molecule has 2 atom stereocenters. The zero-order chi connectivity index (χ0) is 12.5. The van der Waals surface area contributed by atoms with Crippen molar-refractivity contribution in [1.29, 1.82) is 0 Å². The van der Waals surface area contributed by atoms with E-state index in [0.717, 1.165) is 31.1 Å². The first kappa shape index (κ1) is 13.3. The van der Waals surface area contributed by atoms with Gasteiger partial charge >= 0.3 is 0 Å². The zero-order valence-electron chi connectivity index (χ0n) is 10.7. The molecule has 2 fully saturated rings. The highest BCUT2D eigenvalue weighted by molar-refractivity contribution is 9.09. The Bertz CT molecular complexity index is 286. The van der Waals surface area contributed by atoms with Crippen LogP contribution in [0.5, 0.6) is 0 Å². The van der Waals surface area contributed by atoms with E-state index in [9.17, 15) is 4.79 Å². The van der Waals surface area contributed by atoms with Gasteiger partial charge < -0.3 is 9.64 Å². The number of halogens is 1. The van der Waals surface area contributed by atoms with Crippen molar-refractivity contribution < 1.29 is 9.53 Å². The van der Waals surface area contributed by atoms with Crippen LogP contribution in [0.25, 0.3) is 0 Å². The van der Waals surface area contributed by atoms with Crippen LogP contribution in [-0.4, -0.2) is 41.4 Å². The molecule has 4 heteroatoms. The Morgan fingerprint density at radius 2 is 2.24 bits per heavy atom. The zero-order valence-corrected chi connectivity index (χ0v) is 12.3. The molecule has 0 bridgehead atoms. The van der Waals surface area contributed by atoms with Gasteiger partial charge in [0.2, 0.25) is 5.91 Å². The molecule has 2 rings (SSSR count). The summed E-state index contributed by atoms with van der Waals surface area (Å²) in [4.78, 5) is 14.4. The summed E-state index contributed by atoms with van der Waals surface area (Å²) < 4.78 is 5.54. The van der Waals surface area contributed by atoms with E-state index < -0.39 is 0 Å². The summed E-state index contributed by atoms with van der Waals surface area (Å²) in [5.74, 6) is 0.888. The van der Waals surface area contributed by atoms with Crippen LogP contribution in [0.1, 0.15) is 39.0 Å². The molecule has 1 aliphatic heterocycles. The highest BCUT2D eigenvalue weighted by Gasteiger charge is 2.42. The van der Waals surface area contributed by atoms with Crippen molar-refractivity contribution in [2.24, 2.45) is 5.92 Å². The number of nitrogens with zero attached hydrogens (tertiary/aromatic N) is 1. The van der Waals surface area contributed by atoms with Gasteiger partial charge in [-0.15, -0.1) is 0 Å². The maximum absolute atomic E-state index is 12.4. The van der Waals surface area contributed by atoms with Gasteiger partial charge in [0.1, 0.15) is 0 Å². The molecule has 98 valence electrons. The molecular weight excluding hydrogens is 282 g/mol. The fourth-order valence-corrected chi connectivity index (χ4v) is 3.94. The summed E-state index contributed by atoms with van der Waals surface area (Å²) in [5.41, 5.74) is -0.139. The fraction of sp³-hybridized carbons (Fsp3) is 0.923. The summed E-state index contributed by atoms with van der Waals surface area (Å²) in [6, 6.07) is 0.372. The number of rotatable bonds is 4. The van der Waals surface area contributed by atoms with Crippen LogP contribution in [0.15, 0.2) is 0 Å². The average molecular weight is 304 g/mol. The number of methoxy groups -OCH3 is 1. The van der Waals surface area contributed by atoms with Gasteiger partial charge in [0, 0.05) is 25.0 Å². The third-order valence-electron chi connectivity index (χ3n) is 4.53. The summed E-state index contributed by atoms with van der Waals surface area (Å²) in [5, 5.41) is 0.889. The maximum atomic E-state index is 12.4. The normalized spacial score (nSPS) is 31.4. The lowest BCUT2D eigenvalue weighted by molar-refractivity contribution is -0.144. The monoisotopic (exact) mass is 303 g/mol. The van der Waals surface area contributed by atoms with Gasteiger partial charge in [0.25, 0.3) is 0 Å². The van der Waals surface area contributed by atoms with Crippen molar-refractivity contribution in [1.82, 2.24) is 4.90 Å². The number of ether oxygens (including phenoxy) is 1. The third-order valence-corrected chi connectivity index (χ3v) is 5.20. The number of likely N-dealkylation sites (tertiary alicyclic amines) is 1. The molecule has 0 radical (unpaired) electrons. The highest BCUT2D eigenvalue weighted by Crippen LogP contribution is 2.39. The predicted molar refractivity (Wildman–Crippen MR) is 71.3 cm³/mol. The van der Waals surface area contributed by atoms with E-state index in [4.69, 9.17) is 4.74 Å². The summed E-state index contributed by atoms with van der Waals surface area (Å²) in [6.45, 7) is 3.14. The minimum Gasteiger partial charge on any atom is -0.378 e. The molecule has 0 aromatic rings. The second-order valence-electron chi connectivity index (χ2n) is 5.49. The topological polar surface area (TPSA) is 29.5 Å². The Labute approximate surface area is 112 Å². The third kappa shape index (κ3) is 2.53. The predicted octanol–water partition coefficient (Wildman–Crippen LogP) is 2.58. The van der Waals surface area contributed by atoms with Gasteiger partial charge in [0.05, 0.1) is 12.0 Å². The Balaban J connectivity index is 1.95. The van der Waals surface area contributed by atoms with E-state index in [2.05, 4.69) is 27.8 Å². The number of alkyl halides is 1. The molecule has 17 heavy (non-hydrogen) atoms. The first-order chi connectivity index (χ1) is 8.12. The highest BCUT2D eigenvalue weighted by atomic mass is 79.9. The lowest BCUT2D eigenvalue weighted by atomic mass is 9.77. The SMILES string of the molecule is COC1(CC(=O)N2CCC(C)C2CBr)CCC1. The van der Waals surface area contributed by atoms with Gasteiger partial charge in [-0.1, -0.05) is 22.9 Å². The Hall–Kier alpha value is -0.0900. The van der Waals surface area contributed by atoms with E-state index in [1.165, 1.54) is 6.42 Å². The fourth-order valence-electron chi connectivity index (χ4n) is 2.95. The van der Waals surface area contributed by atoms with Gasteiger partial charge in [-0.05, 0) is 31.6 Å². The molecule has 2 unspecified atom stereocenters. The second-order valence-corrected chi connectivity index (χ2v) is 6.14. The van der Waals surface area contributed by atoms with Crippen molar-refractivity contribution in [2.75, 3.05) is 19.0 Å². The first-order valence-electron chi connectivity index (χ1n) is 6.52. The van der Waals surface area contributed by atoms with Gasteiger partial charge in [0.15, 0.2) is 0 Å². The van der Waals surface area contributed by atoms with Crippen LogP contribution >= 0.6 is 15.9 Å². The Morgan fingerprint density at radius 1 is 1.53 bits per heavy atom. The largest absolute Gasteiger partial charge is 0.378 e. The molecule has 3 nitrogen and oxygen atoms in total. The van der Waals surface area contributed by atoms with Crippen molar-refractivity contribution >= 4 is 21.8 Å². The molecular formula is C13H22BrNO2. The van der Waals surface area contributed by atoms with Crippen molar-refractivity contribution in [3.63, 3.8) is 0 Å². The van der Waals surface area contributed by atoms with E-state index in [0.29, 0.717) is 18.4 Å². The number of hydrogen-bond acceptors (Lipinski definition) is 2. The molecule has 1 amide bonds. The van der Waals surface area contributed by atoms with Crippen LogP contribution in [0.3, 0.4) is 0 Å². The van der Waals surface area contributed by atoms with Gasteiger partial charge in [-0.25, -0.2) is 0 Å². The Morgan fingerprint density at radius 3 is 2.71 bits per heavy atom. The van der Waals surface area contributed by atoms with E-state index in [1.54, 1.807) is 7.11 Å². The first-order valence-corrected chi connectivity index (χ1v) is 7.64. The minimum atomic E-state index is -0.139. The molecule has 0 spiro atoms. The summed E-state index contributed by atoms with van der Waals surface area (Å²) >= 11 is 3.53. The summed E-state index contributed by atoms with van der Waals surface area (Å²) in [6.07, 6.45) is 4.97. The number of carbonyl (C=O) groups excluding carboxylic acids is 1. The lowest BCUT2D eigenvalue weighted by Gasteiger charge is -2.41. The smallest absolute Gasteiger partial charge is 0.225 e. The van der Waals surface area contributed by atoms with Crippen LogP contribution in [0, 0.1) is 5.92 Å². The molecule has 0 aromatic heterocycles. The molecule has 0 aromatic carbocycles. The van der Waals surface area contributed by atoms with Crippen molar-refractivity contribution in [3.8, 4) is 0 Å². The molecule has 1 heterocycles. The maximum Gasteiger partial charge on any atom is 0.225 e. The standard InChI is InChI=1S/C13H22BrNO2/c1-10-4-7-15(11(10)9-14)12(16)8-13(17-2)5-3-6-13/h10-11H,3-9H2,1-2H3. The van der Waals surface area contributed by atoms with E-state index in [-0.39, 0.29) is 11.5 Å². The van der Waals surface area contributed by atoms with Crippen molar-refractivity contribution in [3.05, 3.63) is 0 Å². The quantitative estimate of drug-likeness (QED) is 0.747. The number of carbonyl (C=O) groups is 1. The van der Waals surface area contributed by atoms with Crippen LogP contribution < -0.4 is 0 Å². The molecule has 1 aliphatic carbocycles. The average Bonchev–Trinajstić information content (AvgIpc) is 2.64. The van der Waals surface area contributed by atoms with E-state index >= 15 is 0 Å². The van der Waals surface area contributed by atoms with Crippen molar-refractivity contribution in [2.45, 2.75) is 50.7 Å². The number of hydrogen-bond donors (Lipinski definition) is 0. The van der Waals surface area contributed by atoms with E-state index in [1.807, 2.05) is 0 Å². The second kappa shape index (κ2) is 5.27. The number of amides is 1. The van der Waals surface area contributed by atoms with Crippen LogP contribution in [0.2, 0.25) is 0 Å². The molecule has 2 aliphatic rings. The Kier molecular flexibility index (Phi) is 4.14. The minimum absolute atomic E-state index is 0.139. The van der Waals surface area contributed by atoms with Crippen LogP contribution in [-0.2, 0) is 9.53 Å².